The van der Waals surface area contributed by atoms with Crippen LogP contribution in [0.1, 0.15) is 27.2 Å². The third-order valence-corrected chi connectivity index (χ3v) is 5.63. The Morgan fingerprint density at radius 3 is 2.79 bits per heavy atom. The molecule has 0 aliphatic carbocycles. The van der Waals surface area contributed by atoms with Crippen molar-refractivity contribution in [2.24, 2.45) is 4.99 Å². The highest BCUT2D eigenvalue weighted by Gasteiger charge is 2.16. The van der Waals surface area contributed by atoms with E-state index in [1.54, 1.807) is 18.0 Å². The minimum Gasteiger partial charge on any atom is -0.377 e. The third kappa shape index (κ3) is 4.53. The second-order valence-corrected chi connectivity index (χ2v) is 7.68. The second-order valence-electron chi connectivity index (χ2n) is 6.56. The molecule has 0 bridgehead atoms. The van der Waals surface area contributed by atoms with E-state index in [1.165, 1.54) is 12.7 Å². The summed E-state index contributed by atoms with van der Waals surface area (Å²) in [5.74, 6) is -0.0120. The van der Waals surface area contributed by atoms with Crippen molar-refractivity contribution in [1.82, 2.24) is 4.98 Å². The molecule has 5 heteroatoms. The molecule has 0 atom stereocenters. The number of hydrogen-bond acceptors (Lipinski definition) is 5. The van der Waals surface area contributed by atoms with Gasteiger partial charge in [-0.2, -0.15) is 0 Å². The maximum Gasteiger partial charge on any atom is 0.189 e. The van der Waals surface area contributed by atoms with Gasteiger partial charge >= 0.3 is 0 Å². The van der Waals surface area contributed by atoms with E-state index in [4.69, 9.17) is 4.74 Å². The standard InChI is InChI=1S/C24H20N2O2S/c1-28-16-23(27)21-7-2-3-8-24(21)29-19-10-11-20-17(14-19)15-26-22(20)12-9-18-6-4-5-13-25-18/h2-14H,15-16H2,1H3/b12-9+. The minimum absolute atomic E-state index is 0.0120. The van der Waals surface area contributed by atoms with Crippen LogP contribution < -0.4 is 0 Å². The fraction of sp³-hybridized carbons (Fsp3) is 0.125. The van der Waals surface area contributed by atoms with Gasteiger partial charge in [0.25, 0.3) is 0 Å². The van der Waals surface area contributed by atoms with Gasteiger partial charge in [-0.15, -0.1) is 0 Å². The number of ketones is 1. The first kappa shape index (κ1) is 19.3. The Kier molecular flexibility index (Phi) is 5.98. The molecular weight excluding hydrogens is 380 g/mol. The number of carbonyl (C=O) groups is 1. The van der Waals surface area contributed by atoms with Gasteiger partial charge in [-0.3, -0.25) is 14.8 Å². The van der Waals surface area contributed by atoms with Crippen molar-refractivity contribution < 1.29 is 9.53 Å². The summed E-state index contributed by atoms with van der Waals surface area (Å²) in [5.41, 5.74) is 4.91. The number of pyridine rings is 1. The summed E-state index contributed by atoms with van der Waals surface area (Å²) < 4.78 is 5.01. The minimum atomic E-state index is -0.0120. The van der Waals surface area contributed by atoms with E-state index in [9.17, 15) is 4.79 Å². The van der Waals surface area contributed by atoms with Crippen LogP contribution in [0.25, 0.3) is 6.08 Å². The lowest BCUT2D eigenvalue weighted by molar-refractivity contribution is 0.0845. The summed E-state index contributed by atoms with van der Waals surface area (Å²) in [6.45, 7) is 0.747. The number of fused-ring (bicyclic) bond motifs is 1. The van der Waals surface area contributed by atoms with Crippen molar-refractivity contribution in [3.63, 3.8) is 0 Å². The van der Waals surface area contributed by atoms with Crippen LogP contribution in [-0.4, -0.2) is 30.2 Å². The maximum absolute atomic E-state index is 12.3. The van der Waals surface area contributed by atoms with Crippen molar-refractivity contribution in [1.29, 1.82) is 0 Å². The van der Waals surface area contributed by atoms with Crippen LogP contribution >= 0.6 is 11.8 Å². The molecule has 0 saturated carbocycles. The lowest BCUT2D eigenvalue weighted by atomic mass is 10.1. The van der Waals surface area contributed by atoms with Gasteiger partial charge in [0, 0.05) is 34.2 Å². The molecule has 0 unspecified atom stereocenters. The summed E-state index contributed by atoms with van der Waals surface area (Å²) in [6.07, 6.45) is 5.77. The van der Waals surface area contributed by atoms with E-state index in [0.717, 1.165) is 26.8 Å². The summed E-state index contributed by atoms with van der Waals surface area (Å²) >= 11 is 1.59. The van der Waals surface area contributed by atoms with E-state index in [0.29, 0.717) is 12.1 Å². The molecule has 0 N–H and O–H groups in total. The lowest BCUT2D eigenvalue weighted by Crippen LogP contribution is -2.08. The van der Waals surface area contributed by atoms with Gasteiger partial charge < -0.3 is 4.74 Å². The Morgan fingerprint density at radius 1 is 1.10 bits per heavy atom. The number of benzene rings is 2. The first-order chi connectivity index (χ1) is 14.2. The zero-order valence-corrected chi connectivity index (χ0v) is 16.9. The molecule has 4 rings (SSSR count). The average molecular weight is 401 g/mol. The fourth-order valence-electron chi connectivity index (χ4n) is 3.17. The summed E-state index contributed by atoms with van der Waals surface area (Å²) in [5, 5.41) is 0. The van der Waals surface area contributed by atoms with Crippen molar-refractivity contribution >= 4 is 29.3 Å². The molecule has 1 aromatic heterocycles. The molecule has 0 amide bonds. The van der Waals surface area contributed by atoms with Crippen LogP contribution in [0, 0.1) is 0 Å². The number of carbonyl (C=O) groups excluding carboxylic acids is 1. The first-order valence-corrected chi connectivity index (χ1v) is 10.1. The first-order valence-electron chi connectivity index (χ1n) is 9.30. The molecule has 29 heavy (non-hydrogen) atoms. The van der Waals surface area contributed by atoms with Crippen LogP contribution in [0.4, 0.5) is 0 Å². The summed E-state index contributed by atoms with van der Waals surface area (Å²) in [4.78, 5) is 23.3. The van der Waals surface area contributed by atoms with Crippen molar-refractivity contribution in [2.45, 2.75) is 16.3 Å². The van der Waals surface area contributed by atoms with E-state index in [2.05, 4.69) is 28.2 Å². The highest BCUT2D eigenvalue weighted by Crippen LogP contribution is 2.33. The molecule has 0 saturated heterocycles. The second kappa shape index (κ2) is 8.99. The topological polar surface area (TPSA) is 51.5 Å². The normalized spacial score (nSPS) is 12.8. The smallest absolute Gasteiger partial charge is 0.189 e. The van der Waals surface area contributed by atoms with Crippen LogP contribution in [-0.2, 0) is 11.3 Å². The van der Waals surface area contributed by atoms with Gasteiger partial charge in [0.15, 0.2) is 5.78 Å². The number of ether oxygens (including phenoxy) is 1. The number of nitrogens with zero attached hydrogens (tertiary/aromatic N) is 2. The van der Waals surface area contributed by atoms with Gasteiger partial charge in [0.2, 0.25) is 0 Å². The third-order valence-electron chi connectivity index (χ3n) is 4.56. The Balaban J connectivity index is 1.53. The highest BCUT2D eigenvalue weighted by atomic mass is 32.2. The zero-order chi connectivity index (χ0) is 20.1. The summed E-state index contributed by atoms with van der Waals surface area (Å²) in [7, 11) is 1.54. The number of aliphatic imine (C=N–C) groups is 1. The number of hydrogen-bond donors (Lipinski definition) is 0. The van der Waals surface area contributed by atoms with Gasteiger partial charge in [-0.25, -0.2) is 0 Å². The van der Waals surface area contributed by atoms with E-state index in [-0.39, 0.29) is 12.4 Å². The summed E-state index contributed by atoms with van der Waals surface area (Å²) in [6, 6.07) is 19.8. The number of allylic oxidation sites excluding steroid dienone is 1. The molecule has 0 fully saturated rings. The average Bonchev–Trinajstić information content (AvgIpc) is 3.16. The molecule has 4 nitrogen and oxygen atoms in total. The van der Waals surface area contributed by atoms with E-state index in [1.807, 2.05) is 54.6 Å². The highest BCUT2D eigenvalue weighted by molar-refractivity contribution is 7.99. The number of methoxy groups -OCH3 is 1. The number of rotatable bonds is 7. The maximum atomic E-state index is 12.3. The number of aromatic nitrogens is 1. The Hall–Kier alpha value is -3.02. The predicted octanol–water partition coefficient (Wildman–Crippen LogP) is 5.08. The largest absolute Gasteiger partial charge is 0.377 e. The van der Waals surface area contributed by atoms with Crippen molar-refractivity contribution in [2.75, 3.05) is 13.7 Å². The van der Waals surface area contributed by atoms with Gasteiger partial charge in [0.05, 0.1) is 18.0 Å². The molecular formula is C24H20N2O2S. The van der Waals surface area contributed by atoms with Gasteiger partial charge in [-0.1, -0.05) is 42.1 Å². The quantitative estimate of drug-likeness (QED) is 0.519. The van der Waals surface area contributed by atoms with E-state index >= 15 is 0 Å². The SMILES string of the molecule is COCC(=O)c1ccccc1Sc1ccc2c(c1)CN=C2/C=C/c1ccccn1. The fourth-order valence-corrected chi connectivity index (χ4v) is 4.20. The molecule has 0 radical (unpaired) electrons. The van der Waals surface area contributed by atoms with Crippen LogP contribution in [0.15, 0.2) is 87.7 Å². The predicted molar refractivity (Wildman–Crippen MR) is 117 cm³/mol. The van der Waals surface area contributed by atoms with Crippen LogP contribution in [0.5, 0.6) is 0 Å². The Labute approximate surface area is 174 Å². The Morgan fingerprint density at radius 2 is 1.97 bits per heavy atom. The molecule has 144 valence electrons. The van der Waals surface area contributed by atoms with Crippen molar-refractivity contribution in [3.05, 3.63) is 95.3 Å². The van der Waals surface area contributed by atoms with E-state index < -0.39 is 0 Å². The van der Waals surface area contributed by atoms with Gasteiger partial charge in [-0.05, 0) is 48.0 Å². The molecule has 1 aliphatic heterocycles. The molecule has 2 aromatic carbocycles. The van der Waals surface area contributed by atoms with Crippen LogP contribution in [0.2, 0.25) is 0 Å². The molecule has 0 spiro atoms. The number of Topliss-reactive ketones (excluding diaryl/α,β-unsaturated/α-hetero) is 1. The zero-order valence-electron chi connectivity index (χ0n) is 16.0. The monoisotopic (exact) mass is 400 g/mol. The Bertz CT molecular complexity index is 1090. The molecule has 2 heterocycles. The molecule has 3 aromatic rings. The van der Waals surface area contributed by atoms with Crippen LogP contribution in [0.3, 0.4) is 0 Å². The molecule has 1 aliphatic rings. The van der Waals surface area contributed by atoms with Gasteiger partial charge in [0.1, 0.15) is 6.61 Å². The van der Waals surface area contributed by atoms with Crippen molar-refractivity contribution in [3.8, 4) is 0 Å². The lowest BCUT2D eigenvalue weighted by Gasteiger charge is -2.09.